The molecule has 0 saturated heterocycles. The Balaban J connectivity index is 1.64. The molecule has 0 amide bonds. The summed E-state index contributed by atoms with van der Waals surface area (Å²) in [5, 5.41) is 14.2. The topological polar surface area (TPSA) is 90.6 Å². The molecule has 0 radical (unpaired) electrons. The first-order valence-electron chi connectivity index (χ1n) is 8.06. The number of nitrogens with zero attached hydrogens (tertiary/aromatic N) is 2. The first-order chi connectivity index (χ1) is 12.0. The number of hydrogen-bond acceptors (Lipinski definition) is 6. The Hall–Kier alpha value is -2.80. The molecule has 3 rings (SSSR count). The number of aromatic nitrogens is 2. The lowest BCUT2D eigenvalue weighted by atomic mass is 10.0. The Morgan fingerprint density at radius 3 is 2.76 bits per heavy atom. The van der Waals surface area contributed by atoms with Crippen LogP contribution in [0.4, 0.5) is 0 Å². The van der Waals surface area contributed by atoms with Crippen LogP contribution in [0.2, 0.25) is 0 Å². The van der Waals surface area contributed by atoms with Crippen LogP contribution in [-0.4, -0.2) is 27.6 Å². The molecule has 1 atom stereocenters. The number of furan rings is 1. The molecule has 0 saturated carbocycles. The fourth-order valence-corrected chi connectivity index (χ4v) is 2.45. The lowest BCUT2D eigenvalue weighted by molar-refractivity contribution is 0.0869. The van der Waals surface area contributed by atoms with Crippen LogP contribution in [0.25, 0.3) is 11.7 Å². The van der Waals surface area contributed by atoms with E-state index >= 15 is 0 Å². The monoisotopic (exact) mass is 344 g/mol. The first-order valence-corrected chi connectivity index (χ1v) is 8.06. The second-order valence-corrected chi connectivity index (χ2v) is 5.99. The Morgan fingerprint density at radius 1 is 1.24 bits per heavy atom. The van der Waals surface area contributed by atoms with Crippen LogP contribution in [0, 0.1) is 0 Å². The third kappa shape index (κ3) is 4.00. The maximum absolute atomic E-state index is 11.8. The predicted octanol–water partition coefficient (Wildman–Crippen LogP) is 2.66. The largest absolute Gasteiger partial charge is 0.491 e. The maximum atomic E-state index is 11.8. The zero-order valence-corrected chi connectivity index (χ0v) is 14.1. The summed E-state index contributed by atoms with van der Waals surface area (Å²) < 4.78 is 16.9. The van der Waals surface area contributed by atoms with Crippen LogP contribution in [0.15, 0.2) is 56.3 Å². The van der Waals surface area contributed by atoms with E-state index in [1.165, 1.54) is 6.26 Å². The van der Waals surface area contributed by atoms with Gasteiger partial charge in [-0.15, -0.1) is 5.10 Å². The van der Waals surface area contributed by atoms with Crippen LogP contribution >= 0.6 is 0 Å². The number of hydrogen-bond donors (Lipinski definition) is 1. The van der Waals surface area contributed by atoms with Gasteiger partial charge in [0.25, 0.3) is 5.89 Å². The van der Waals surface area contributed by atoms with Gasteiger partial charge in [0.1, 0.15) is 18.5 Å². The van der Waals surface area contributed by atoms with Crippen LogP contribution in [0.3, 0.4) is 0 Å². The van der Waals surface area contributed by atoms with Gasteiger partial charge < -0.3 is 18.7 Å². The Kier molecular flexibility index (Phi) is 5.04. The van der Waals surface area contributed by atoms with E-state index in [0.717, 1.165) is 16.0 Å². The van der Waals surface area contributed by atoms with Crippen molar-refractivity contribution in [2.24, 2.45) is 0 Å². The Bertz CT molecular complexity index is 864. The lowest BCUT2D eigenvalue weighted by Gasteiger charge is -2.16. The molecule has 7 heteroatoms. The maximum Gasteiger partial charge on any atom is 0.437 e. The highest BCUT2D eigenvalue weighted by atomic mass is 16.5. The van der Waals surface area contributed by atoms with Gasteiger partial charge >= 0.3 is 5.76 Å². The molecule has 132 valence electrons. The van der Waals surface area contributed by atoms with E-state index in [1.807, 2.05) is 24.3 Å². The average molecular weight is 344 g/mol. The van der Waals surface area contributed by atoms with E-state index in [2.05, 4.69) is 18.9 Å². The number of rotatable bonds is 7. The molecule has 2 heterocycles. The molecular formula is C18H20N2O5. The summed E-state index contributed by atoms with van der Waals surface area (Å²) in [5.41, 5.74) is 1.06. The minimum atomic E-state index is -0.910. The average Bonchev–Trinajstić information content (AvgIpc) is 3.23. The van der Waals surface area contributed by atoms with Crippen molar-refractivity contribution < 1.29 is 18.7 Å². The van der Waals surface area contributed by atoms with Crippen LogP contribution in [-0.2, 0) is 6.54 Å². The number of aliphatic hydroxyl groups is 1. The SMILES string of the molecule is CC(C)c1ccccc1OC[C@@H](O)Cn1nc(-c2ccco2)oc1=O. The smallest absolute Gasteiger partial charge is 0.437 e. The first kappa shape index (κ1) is 17.0. The molecule has 0 aliphatic heterocycles. The standard InChI is InChI=1S/C18H20N2O5/c1-12(2)14-6-3-4-7-15(14)24-11-13(21)10-20-18(22)25-17(19-20)16-8-5-9-23-16/h3-9,12-13,21H,10-11H2,1-2H3/t13-/m0/s1. The van der Waals surface area contributed by atoms with E-state index in [4.69, 9.17) is 13.6 Å². The molecule has 1 N–H and O–H groups in total. The second-order valence-electron chi connectivity index (χ2n) is 5.99. The molecule has 0 aliphatic carbocycles. The summed E-state index contributed by atoms with van der Waals surface area (Å²) in [6, 6.07) is 11.0. The molecule has 2 aromatic heterocycles. The minimum absolute atomic E-state index is 0.0348. The zero-order chi connectivity index (χ0) is 17.8. The number of ether oxygens (including phenoxy) is 1. The van der Waals surface area contributed by atoms with Crippen molar-refractivity contribution in [3.8, 4) is 17.4 Å². The molecule has 0 spiro atoms. The van der Waals surface area contributed by atoms with Crippen molar-refractivity contribution in [2.75, 3.05) is 6.61 Å². The van der Waals surface area contributed by atoms with E-state index in [-0.39, 0.29) is 19.0 Å². The van der Waals surface area contributed by atoms with E-state index < -0.39 is 11.9 Å². The normalized spacial score (nSPS) is 12.5. The number of para-hydroxylation sites is 1. The quantitative estimate of drug-likeness (QED) is 0.708. The van der Waals surface area contributed by atoms with Crippen LogP contribution in [0.1, 0.15) is 25.3 Å². The number of benzene rings is 1. The van der Waals surface area contributed by atoms with Gasteiger partial charge in [-0.05, 0) is 29.7 Å². The van der Waals surface area contributed by atoms with Crippen LogP contribution in [0.5, 0.6) is 5.75 Å². The molecule has 0 aliphatic rings. The summed E-state index contributed by atoms with van der Waals surface area (Å²) >= 11 is 0. The van der Waals surface area contributed by atoms with Crippen molar-refractivity contribution in [3.63, 3.8) is 0 Å². The van der Waals surface area contributed by atoms with Crippen molar-refractivity contribution in [3.05, 3.63) is 58.8 Å². The van der Waals surface area contributed by atoms with Gasteiger partial charge in [0.2, 0.25) is 0 Å². The molecular weight excluding hydrogens is 324 g/mol. The van der Waals surface area contributed by atoms with Gasteiger partial charge in [-0.1, -0.05) is 32.0 Å². The molecule has 25 heavy (non-hydrogen) atoms. The molecule has 1 aromatic carbocycles. The van der Waals surface area contributed by atoms with E-state index in [1.54, 1.807) is 12.1 Å². The third-order valence-electron chi connectivity index (χ3n) is 3.69. The van der Waals surface area contributed by atoms with Gasteiger partial charge in [0.15, 0.2) is 5.76 Å². The van der Waals surface area contributed by atoms with Crippen LogP contribution < -0.4 is 10.5 Å². The molecule has 0 bridgehead atoms. The van der Waals surface area contributed by atoms with Crippen molar-refractivity contribution in [2.45, 2.75) is 32.4 Å². The summed E-state index contributed by atoms with van der Waals surface area (Å²) in [6.45, 7) is 4.15. The van der Waals surface area contributed by atoms with Gasteiger partial charge in [-0.2, -0.15) is 4.68 Å². The lowest BCUT2D eigenvalue weighted by Crippen LogP contribution is -2.29. The van der Waals surface area contributed by atoms with Gasteiger partial charge in [-0.25, -0.2) is 4.79 Å². The summed E-state index contributed by atoms with van der Waals surface area (Å²) in [7, 11) is 0. The van der Waals surface area contributed by atoms with Crippen molar-refractivity contribution in [1.82, 2.24) is 9.78 Å². The van der Waals surface area contributed by atoms with Gasteiger partial charge in [0.05, 0.1) is 12.8 Å². The predicted molar refractivity (Wildman–Crippen MR) is 90.5 cm³/mol. The Labute approximate surface area is 144 Å². The summed E-state index contributed by atoms with van der Waals surface area (Å²) in [5.74, 6) is 0.802. The fraction of sp³-hybridized carbons (Fsp3) is 0.333. The van der Waals surface area contributed by atoms with E-state index in [0.29, 0.717) is 11.7 Å². The zero-order valence-electron chi connectivity index (χ0n) is 14.1. The highest BCUT2D eigenvalue weighted by Crippen LogP contribution is 2.25. The molecule has 7 nitrogen and oxygen atoms in total. The van der Waals surface area contributed by atoms with Crippen molar-refractivity contribution >= 4 is 0 Å². The number of aliphatic hydroxyl groups excluding tert-OH is 1. The molecule has 3 aromatic rings. The van der Waals surface area contributed by atoms with Crippen molar-refractivity contribution in [1.29, 1.82) is 0 Å². The molecule has 0 unspecified atom stereocenters. The Morgan fingerprint density at radius 2 is 2.04 bits per heavy atom. The fourth-order valence-electron chi connectivity index (χ4n) is 2.45. The third-order valence-corrected chi connectivity index (χ3v) is 3.69. The van der Waals surface area contributed by atoms with Gasteiger partial charge in [0, 0.05) is 0 Å². The highest BCUT2D eigenvalue weighted by Gasteiger charge is 2.16. The summed E-state index contributed by atoms with van der Waals surface area (Å²) in [4.78, 5) is 11.8. The molecule has 0 fully saturated rings. The highest BCUT2D eigenvalue weighted by molar-refractivity contribution is 5.42. The minimum Gasteiger partial charge on any atom is -0.491 e. The second kappa shape index (κ2) is 7.40. The van der Waals surface area contributed by atoms with Gasteiger partial charge in [-0.3, -0.25) is 0 Å². The van der Waals surface area contributed by atoms with E-state index in [9.17, 15) is 9.90 Å². The summed E-state index contributed by atoms with van der Waals surface area (Å²) in [6.07, 6.45) is 0.552.